The molecule has 1 aromatic rings. The molecule has 3 rings (SSSR count). The van der Waals surface area contributed by atoms with Crippen LogP contribution in [0.25, 0.3) is 6.08 Å². The Hall–Kier alpha value is -1.89. The fraction of sp³-hybridized carbons (Fsp3) is 0.500. The van der Waals surface area contributed by atoms with Crippen molar-refractivity contribution < 1.29 is 14.3 Å². The minimum absolute atomic E-state index is 0.103. The first kappa shape index (κ1) is 19.9. The number of halogens is 1. The van der Waals surface area contributed by atoms with Crippen LogP contribution in [0.1, 0.15) is 18.4 Å². The van der Waals surface area contributed by atoms with Crippen LogP contribution in [0.5, 0.6) is 0 Å². The fourth-order valence-corrected chi connectivity index (χ4v) is 4.22. The number of urea groups is 1. The fourth-order valence-electron chi connectivity index (χ4n) is 3.93. The molecule has 0 bridgehead atoms. The van der Waals surface area contributed by atoms with Crippen LogP contribution in [-0.2, 0) is 9.53 Å². The van der Waals surface area contributed by atoms with Gasteiger partial charge in [0, 0.05) is 45.4 Å². The maximum atomic E-state index is 12.8. The molecule has 2 aliphatic rings. The predicted octanol–water partition coefficient (Wildman–Crippen LogP) is 2.64. The highest BCUT2D eigenvalue weighted by Crippen LogP contribution is 2.36. The van der Waals surface area contributed by atoms with Gasteiger partial charge in [0.25, 0.3) is 5.91 Å². The predicted molar refractivity (Wildman–Crippen MR) is 105 cm³/mol. The van der Waals surface area contributed by atoms with Crippen LogP contribution in [0.3, 0.4) is 0 Å². The number of piperidine rings is 1. The van der Waals surface area contributed by atoms with Crippen LogP contribution in [0.15, 0.2) is 35.4 Å². The van der Waals surface area contributed by atoms with Crippen molar-refractivity contribution in [3.05, 3.63) is 40.9 Å². The third-order valence-electron chi connectivity index (χ3n) is 5.44. The zero-order chi connectivity index (χ0) is 19.4. The number of likely N-dealkylation sites (tertiary alicyclic amines) is 1. The van der Waals surface area contributed by atoms with E-state index in [0.717, 1.165) is 23.7 Å². The van der Waals surface area contributed by atoms with Crippen LogP contribution in [-0.4, -0.2) is 79.1 Å². The minimum atomic E-state index is -0.740. The molecule has 0 aliphatic carbocycles. The van der Waals surface area contributed by atoms with E-state index in [2.05, 4.69) is 4.90 Å². The summed E-state index contributed by atoms with van der Waals surface area (Å²) in [7, 11) is 3.16. The first-order valence-electron chi connectivity index (χ1n) is 9.20. The normalized spacial score (nSPS) is 20.8. The molecule has 0 aromatic heterocycles. The highest BCUT2D eigenvalue weighted by atomic mass is 35.5. The van der Waals surface area contributed by atoms with Crippen molar-refractivity contribution in [3.63, 3.8) is 0 Å². The number of likely N-dealkylation sites (N-methyl/N-ethyl adjacent to an activating group) is 1. The average molecular weight is 392 g/mol. The first-order valence-corrected chi connectivity index (χ1v) is 9.58. The molecule has 1 aromatic carbocycles. The van der Waals surface area contributed by atoms with Crippen molar-refractivity contribution in [2.75, 3.05) is 46.9 Å². The van der Waals surface area contributed by atoms with Gasteiger partial charge in [-0.25, -0.2) is 4.79 Å². The van der Waals surface area contributed by atoms with Gasteiger partial charge in [-0.2, -0.15) is 0 Å². The molecular weight excluding hydrogens is 366 g/mol. The Balaban J connectivity index is 1.65. The summed E-state index contributed by atoms with van der Waals surface area (Å²) in [5.41, 5.74) is 0.330. The maximum absolute atomic E-state index is 12.8. The first-order chi connectivity index (χ1) is 13.0. The van der Waals surface area contributed by atoms with Crippen molar-refractivity contribution in [2.24, 2.45) is 0 Å². The van der Waals surface area contributed by atoms with Gasteiger partial charge in [-0.05, 0) is 24.5 Å². The molecule has 7 heteroatoms. The molecule has 0 saturated carbocycles. The van der Waals surface area contributed by atoms with E-state index in [9.17, 15) is 9.59 Å². The highest BCUT2D eigenvalue weighted by molar-refractivity contribution is 6.31. The summed E-state index contributed by atoms with van der Waals surface area (Å²) in [6.45, 7) is 2.93. The Kier molecular flexibility index (Phi) is 6.19. The average Bonchev–Trinajstić information content (AvgIpc) is 2.84. The molecule has 2 heterocycles. The van der Waals surface area contributed by atoms with E-state index in [1.54, 1.807) is 19.1 Å². The minimum Gasteiger partial charge on any atom is -0.383 e. The molecule has 0 unspecified atom stereocenters. The molecular formula is C20H26ClN3O3. The third-order valence-corrected chi connectivity index (χ3v) is 5.67. The molecule has 146 valence electrons. The van der Waals surface area contributed by atoms with E-state index < -0.39 is 5.54 Å². The van der Waals surface area contributed by atoms with Crippen LogP contribution >= 0.6 is 11.6 Å². The lowest BCUT2D eigenvalue weighted by Gasteiger charge is -2.42. The van der Waals surface area contributed by atoms with Gasteiger partial charge in [0.1, 0.15) is 5.54 Å². The SMILES string of the molecule is COCCN1C(=O)N(C)C(=O)C12CCN(C/C(Cl)=C/c1ccccc1)CC2. The molecule has 2 saturated heterocycles. The van der Waals surface area contributed by atoms with Crippen molar-refractivity contribution >= 4 is 29.6 Å². The van der Waals surface area contributed by atoms with Crippen LogP contribution in [0.4, 0.5) is 4.79 Å². The van der Waals surface area contributed by atoms with Gasteiger partial charge in [-0.1, -0.05) is 41.9 Å². The lowest BCUT2D eigenvalue weighted by atomic mass is 9.86. The summed E-state index contributed by atoms with van der Waals surface area (Å²) in [5, 5.41) is 0.763. The Labute approximate surface area is 165 Å². The smallest absolute Gasteiger partial charge is 0.327 e. The van der Waals surface area contributed by atoms with Crippen molar-refractivity contribution in [2.45, 2.75) is 18.4 Å². The van der Waals surface area contributed by atoms with Crippen LogP contribution in [0.2, 0.25) is 0 Å². The van der Waals surface area contributed by atoms with Crippen molar-refractivity contribution in [3.8, 4) is 0 Å². The van der Waals surface area contributed by atoms with E-state index in [0.29, 0.717) is 32.5 Å². The standard InChI is InChI=1S/C20H26ClN3O3/c1-22-18(25)20(24(19(22)26)12-13-27-2)8-10-23(11-9-20)15-17(21)14-16-6-4-3-5-7-16/h3-7,14H,8-13,15H2,1-2H3/b17-14-. The summed E-state index contributed by atoms with van der Waals surface area (Å²) in [4.78, 5) is 30.5. The zero-order valence-corrected chi connectivity index (χ0v) is 16.6. The van der Waals surface area contributed by atoms with Gasteiger partial charge in [0.05, 0.1) is 6.61 Å². The quantitative estimate of drug-likeness (QED) is 0.699. The number of hydrogen-bond donors (Lipinski definition) is 0. The molecule has 2 fully saturated rings. The van der Waals surface area contributed by atoms with Gasteiger partial charge in [0.2, 0.25) is 0 Å². The number of benzene rings is 1. The van der Waals surface area contributed by atoms with E-state index >= 15 is 0 Å². The summed E-state index contributed by atoms with van der Waals surface area (Å²) in [5.74, 6) is -0.103. The number of rotatable bonds is 6. The van der Waals surface area contributed by atoms with E-state index in [1.165, 1.54) is 4.90 Å². The summed E-state index contributed by atoms with van der Waals surface area (Å²) >= 11 is 6.44. The van der Waals surface area contributed by atoms with Crippen LogP contribution < -0.4 is 0 Å². The molecule has 3 amide bonds. The number of hydrogen-bond acceptors (Lipinski definition) is 4. The molecule has 2 aliphatic heterocycles. The number of imide groups is 1. The number of nitrogens with zero attached hydrogens (tertiary/aromatic N) is 3. The van der Waals surface area contributed by atoms with Crippen LogP contribution in [0, 0.1) is 0 Å². The molecule has 6 nitrogen and oxygen atoms in total. The lowest BCUT2D eigenvalue weighted by molar-refractivity contribution is -0.135. The Morgan fingerprint density at radius 2 is 1.89 bits per heavy atom. The molecule has 27 heavy (non-hydrogen) atoms. The van der Waals surface area contributed by atoms with E-state index in [1.807, 2.05) is 36.4 Å². The second-order valence-electron chi connectivity index (χ2n) is 7.10. The number of amides is 3. The summed E-state index contributed by atoms with van der Waals surface area (Å²) in [6.07, 6.45) is 3.19. The number of carbonyl (C=O) groups is 2. The lowest BCUT2D eigenvalue weighted by Crippen LogP contribution is -2.57. The zero-order valence-electron chi connectivity index (χ0n) is 15.9. The molecule has 1 spiro atoms. The van der Waals surface area contributed by atoms with E-state index in [-0.39, 0.29) is 11.9 Å². The second kappa shape index (κ2) is 8.42. The Bertz CT molecular complexity index is 714. The van der Waals surface area contributed by atoms with Crippen molar-refractivity contribution in [1.82, 2.24) is 14.7 Å². The monoisotopic (exact) mass is 391 g/mol. The summed E-state index contributed by atoms with van der Waals surface area (Å²) in [6, 6.07) is 9.73. The third kappa shape index (κ3) is 4.03. The van der Waals surface area contributed by atoms with E-state index in [4.69, 9.17) is 16.3 Å². The number of ether oxygens (including phenoxy) is 1. The van der Waals surface area contributed by atoms with Gasteiger partial charge in [-0.15, -0.1) is 0 Å². The maximum Gasteiger partial charge on any atom is 0.327 e. The van der Waals surface area contributed by atoms with Gasteiger partial charge in [0.15, 0.2) is 0 Å². The molecule has 0 N–H and O–H groups in total. The topological polar surface area (TPSA) is 53.1 Å². The highest BCUT2D eigenvalue weighted by Gasteiger charge is 2.56. The summed E-state index contributed by atoms with van der Waals surface area (Å²) < 4.78 is 5.13. The van der Waals surface area contributed by atoms with Crippen molar-refractivity contribution in [1.29, 1.82) is 0 Å². The van der Waals surface area contributed by atoms with Gasteiger partial charge < -0.3 is 9.64 Å². The van der Waals surface area contributed by atoms with Gasteiger partial charge >= 0.3 is 6.03 Å². The molecule has 0 radical (unpaired) electrons. The number of carbonyl (C=O) groups excluding carboxylic acids is 2. The Morgan fingerprint density at radius 3 is 2.52 bits per heavy atom. The molecule has 0 atom stereocenters. The largest absolute Gasteiger partial charge is 0.383 e. The Morgan fingerprint density at radius 1 is 1.22 bits per heavy atom. The second-order valence-corrected chi connectivity index (χ2v) is 7.59. The number of methoxy groups -OCH3 is 1. The van der Waals surface area contributed by atoms with Gasteiger partial charge in [-0.3, -0.25) is 14.6 Å².